The molecule has 2 aromatic heterocycles. The maximum atomic E-state index is 15.2. The molecule has 0 aliphatic carbocycles. The molecule has 2 aliphatic rings. The number of hydrogen-bond acceptors (Lipinski definition) is 9. The number of anilines is 1. The number of thiophene rings is 1. The van der Waals surface area contributed by atoms with Crippen LogP contribution in [0.1, 0.15) is 37.5 Å². The van der Waals surface area contributed by atoms with Crippen molar-refractivity contribution in [2.24, 2.45) is 0 Å². The summed E-state index contributed by atoms with van der Waals surface area (Å²) in [5.41, 5.74) is 2.85. The minimum atomic E-state index is -0.749. The Balaban J connectivity index is 1.43. The van der Waals surface area contributed by atoms with E-state index in [2.05, 4.69) is 16.3 Å². The molecule has 224 valence electrons. The van der Waals surface area contributed by atoms with Crippen molar-refractivity contribution in [2.75, 3.05) is 44.8 Å². The fourth-order valence-corrected chi connectivity index (χ4v) is 6.86. The molecule has 0 radical (unpaired) electrons. The third kappa shape index (κ3) is 5.86. The third-order valence-electron chi connectivity index (χ3n) is 7.33. The average Bonchev–Trinajstić information content (AvgIpc) is 3.59. The summed E-state index contributed by atoms with van der Waals surface area (Å²) >= 11 is 8.10. The van der Waals surface area contributed by atoms with Crippen LogP contribution in [-0.2, 0) is 27.4 Å². The number of carbonyl (C=O) groups is 1. The standard InChI is InChI=1S/C31H30ClFN4O5S/c1-31(2,3)42-30(38)36-29-19(14-34)25-18(4-6-22(33)28(25)43-29)24-21-16-40-15-20(21)17-5-7-23(35-27(17)26(24)32)41-13-10-37-8-11-39-12-9-37/h4-7H,8-13,15-16H2,1-3H3,(H,36,38). The molecule has 1 fully saturated rings. The fourth-order valence-electron chi connectivity index (χ4n) is 5.43. The van der Waals surface area contributed by atoms with Gasteiger partial charge < -0.3 is 18.9 Å². The number of aromatic nitrogens is 1. The fraction of sp³-hybridized carbons (Fsp3) is 0.387. The maximum Gasteiger partial charge on any atom is 0.412 e. The number of benzene rings is 2. The first kappa shape index (κ1) is 29.5. The van der Waals surface area contributed by atoms with E-state index in [-0.39, 0.29) is 15.3 Å². The molecule has 12 heteroatoms. The first-order valence-corrected chi connectivity index (χ1v) is 15.1. The number of hydrogen-bond donors (Lipinski definition) is 1. The summed E-state index contributed by atoms with van der Waals surface area (Å²) in [7, 11) is 0. The van der Waals surface area contributed by atoms with E-state index in [4.69, 9.17) is 35.5 Å². The third-order valence-corrected chi connectivity index (χ3v) is 8.81. The van der Waals surface area contributed by atoms with Gasteiger partial charge in [0.25, 0.3) is 0 Å². The lowest BCUT2D eigenvalue weighted by molar-refractivity contribution is 0.0320. The molecule has 1 N–H and O–H groups in total. The normalized spacial score (nSPS) is 15.4. The lowest BCUT2D eigenvalue weighted by atomic mass is 9.91. The van der Waals surface area contributed by atoms with Crippen molar-refractivity contribution in [1.82, 2.24) is 9.88 Å². The van der Waals surface area contributed by atoms with Gasteiger partial charge in [-0.05, 0) is 49.6 Å². The Kier molecular flexibility index (Phi) is 8.15. The van der Waals surface area contributed by atoms with Crippen LogP contribution in [0.15, 0.2) is 24.3 Å². The van der Waals surface area contributed by atoms with Crippen molar-refractivity contribution in [3.63, 3.8) is 0 Å². The summed E-state index contributed by atoms with van der Waals surface area (Å²) in [5.74, 6) is -0.0785. The van der Waals surface area contributed by atoms with Gasteiger partial charge in [-0.3, -0.25) is 10.2 Å². The number of amides is 1. The monoisotopic (exact) mass is 624 g/mol. The SMILES string of the molecule is CC(C)(C)OC(=O)Nc1sc2c(F)ccc(-c3c4c(c5ccc(OCCN6CCOCC6)nc5c3Cl)COC4)c2c1C#N. The quantitative estimate of drug-likeness (QED) is 0.248. The molecule has 4 aromatic rings. The van der Waals surface area contributed by atoms with Crippen LogP contribution < -0.4 is 10.1 Å². The van der Waals surface area contributed by atoms with Crippen LogP contribution in [0.3, 0.4) is 0 Å². The zero-order chi connectivity index (χ0) is 30.3. The van der Waals surface area contributed by atoms with E-state index in [1.807, 2.05) is 12.1 Å². The molecule has 0 unspecified atom stereocenters. The van der Waals surface area contributed by atoms with Gasteiger partial charge in [-0.25, -0.2) is 14.2 Å². The van der Waals surface area contributed by atoms with Crippen molar-refractivity contribution in [3.8, 4) is 23.1 Å². The van der Waals surface area contributed by atoms with Crippen LogP contribution in [0.2, 0.25) is 5.02 Å². The number of nitrogens with zero attached hydrogens (tertiary/aromatic N) is 3. The second kappa shape index (κ2) is 11.9. The van der Waals surface area contributed by atoms with Gasteiger partial charge in [0, 0.05) is 42.0 Å². The molecule has 4 heterocycles. The summed E-state index contributed by atoms with van der Waals surface area (Å²) in [4.78, 5) is 19.6. The van der Waals surface area contributed by atoms with Crippen LogP contribution in [0, 0.1) is 17.1 Å². The molecule has 2 aromatic carbocycles. The average molecular weight is 625 g/mol. The maximum absolute atomic E-state index is 15.2. The molecule has 9 nitrogen and oxygen atoms in total. The van der Waals surface area contributed by atoms with Gasteiger partial charge in [0.05, 0.1) is 47.2 Å². The summed E-state index contributed by atoms with van der Waals surface area (Å²) < 4.78 is 38.1. The zero-order valence-electron chi connectivity index (χ0n) is 24.0. The molecule has 0 spiro atoms. The van der Waals surface area contributed by atoms with E-state index in [0.29, 0.717) is 66.0 Å². The first-order valence-electron chi connectivity index (χ1n) is 13.9. The van der Waals surface area contributed by atoms with Crippen LogP contribution in [-0.4, -0.2) is 61.0 Å². The minimum Gasteiger partial charge on any atom is -0.476 e. The highest BCUT2D eigenvalue weighted by Gasteiger charge is 2.29. The highest BCUT2D eigenvalue weighted by molar-refractivity contribution is 7.23. The Labute approximate surface area is 257 Å². The van der Waals surface area contributed by atoms with E-state index in [1.54, 1.807) is 26.8 Å². The summed E-state index contributed by atoms with van der Waals surface area (Å²) in [6.07, 6.45) is -0.735. The van der Waals surface area contributed by atoms with Gasteiger partial charge in [-0.2, -0.15) is 5.26 Å². The van der Waals surface area contributed by atoms with E-state index < -0.39 is 17.5 Å². The smallest absolute Gasteiger partial charge is 0.412 e. The molecule has 0 bridgehead atoms. The van der Waals surface area contributed by atoms with Gasteiger partial charge in [0.1, 0.15) is 29.1 Å². The van der Waals surface area contributed by atoms with E-state index in [1.165, 1.54) is 6.07 Å². The number of ether oxygens (including phenoxy) is 4. The number of rotatable bonds is 6. The number of nitrogens with one attached hydrogen (secondary N) is 1. The summed E-state index contributed by atoms with van der Waals surface area (Å²) in [6.45, 7) is 10.2. The Hall–Kier alpha value is -3.53. The van der Waals surface area contributed by atoms with Gasteiger partial charge in [-0.15, -0.1) is 11.3 Å². The number of nitriles is 1. The number of halogens is 2. The van der Waals surface area contributed by atoms with Gasteiger partial charge in [-0.1, -0.05) is 17.7 Å². The van der Waals surface area contributed by atoms with Crippen molar-refractivity contribution in [3.05, 3.63) is 51.8 Å². The predicted octanol–water partition coefficient (Wildman–Crippen LogP) is 6.87. The first-order chi connectivity index (χ1) is 20.6. The summed E-state index contributed by atoms with van der Waals surface area (Å²) in [5, 5.41) is 14.6. The molecule has 2 aliphatic heterocycles. The lowest BCUT2D eigenvalue weighted by Crippen LogP contribution is -2.38. The molecule has 6 rings (SSSR count). The molecular weight excluding hydrogens is 595 g/mol. The summed E-state index contributed by atoms with van der Waals surface area (Å²) in [6, 6.07) is 8.87. The Morgan fingerprint density at radius 1 is 1.19 bits per heavy atom. The van der Waals surface area contributed by atoms with E-state index in [9.17, 15) is 10.1 Å². The zero-order valence-corrected chi connectivity index (χ0v) is 25.6. The number of morpholine rings is 1. The van der Waals surface area contributed by atoms with Crippen LogP contribution in [0.4, 0.5) is 14.2 Å². The topological polar surface area (TPSA) is 106 Å². The Bertz CT molecular complexity index is 1770. The van der Waals surface area contributed by atoms with E-state index >= 15 is 4.39 Å². The number of fused-ring (bicyclic) bond motifs is 4. The van der Waals surface area contributed by atoms with Crippen molar-refractivity contribution >= 4 is 55.0 Å². The van der Waals surface area contributed by atoms with Crippen molar-refractivity contribution < 1.29 is 28.1 Å². The van der Waals surface area contributed by atoms with Crippen LogP contribution in [0.5, 0.6) is 5.88 Å². The predicted molar refractivity (Wildman–Crippen MR) is 163 cm³/mol. The lowest BCUT2D eigenvalue weighted by Gasteiger charge is -2.26. The Morgan fingerprint density at radius 2 is 1.95 bits per heavy atom. The van der Waals surface area contributed by atoms with Crippen molar-refractivity contribution in [2.45, 2.75) is 39.6 Å². The van der Waals surface area contributed by atoms with Crippen LogP contribution >= 0.6 is 22.9 Å². The highest BCUT2D eigenvalue weighted by atomic mass is 35.5. The number of carbonyl (C=O) groups excluding carboxylic acids is 1. The largest absolute Gasteiger partial charge is 0.476 e. The Morgan fingerprint density at radius 3 is 2.70 bits per heavy atom. The molecule has 43 heavy (non-hydrogen) atoms. The molecular formula is C31H30ClFN4O5S. The van der Waals surface area contributed by atoms with Gasteiger partial charge >= 0.3 is 6.09 Å². The number of pyridine rings is 1. The van der Waals surface area contributed by atoms with Crippen LogP contribution in [0.25, 0.3) is 32.1 Å². The molecule has 1 amide bonds. The molecule has 0 saturated carbocycles. The second-order valence-corrected chi connectivity index (χ2v) is 12.7. The second-order valence-electron chi connectivity index (χ2n) is 11.3. The van der Waals surface area contributed by atoms with Gasteiger partial charge in [0.2, 0.25) is 5.88 Å². The molecule has 1 saturated heterocycles. The van der Waals surface area contributed by atoms with Crippen molar-refractivity contribution in [1.29, 1.82) is 5.26 Å². The molecule has 0 atom stereocenters. The minimum absolute atomic E-state index is 0.123. The highest BCUT2D eigenvalue weighted by Crippen LogP contribution is 2.48. The van der Waals surface area contributed by atoms with Gasteiger partial charge in [0.15, 0.2) is 0 Å². The van der Waals surface area contributed by atoms with E-state index in [0.717, 1.165) is 47.5 Å².